The Morgan fingerprint density at radius 1 is 1.37 bits per heavy atom. The molecular weight excluding hydrogens is 402 g/mol. The van der Waals surface area contributed by atoms with E-state index in [4.69, 9.17) is 0 Å². The zero-order valence-electron chi connectivity index (χ0n) is 15.0. The van der Waals surface area contributed by atoms with Crippen molar-refractivity contribution in [2.45, 2.75) is 31.7 Å². The minimum absolute atomic E-state index is 0. The molecule has 0 atom stereocenters. The summed E-state index contributed by atoms with van der Waals surface area (Å²) in [7, 11) is 0. The highest BCUT2D eigenvalue weighted by Crippen LogP contribution is 2.33. The van der Waals surface area contributed by atoms with Gasteiger partial charge in [0.15, 0.2) is 5.13 Å². The van der Waals surface area contributed by atoms with Crippen LogP contribution in [0.1, 0.15) is 24.6 Å². The molecule has 0 spiro atoms. The molecule has 3 aromatic heterocycles. The highest BCUT2D eigenvalue weighted by Gasteiger charge is 2.42. The van der Waals surface area contributed by atoms with E-state index in [0.29, 0.717) is 18.0 Å². The van der Waals surface area contributed by atoms with Gasteiger partial charge in [0, 0.05) is 22.7 Å². The summed E-state index contributed by atoms with van der Waals surface area (Å²) in [5, 5.41) is 13.4. The van der Waals surface area contributed by atoms with E-state index in [1.54, 1.807) is 22.2 Å². The Morgan fingerprint density at radius 3 is 2.85 bits per heavy atom. The first-order valence-electron chi connectivity index (χ1n) is 8.78. The van der Waals surface area contributed by atoms with Gasteiger partial charge in [-0.25, -0.2) is 4.98 Å². The molecule has 1 saturated heterocycles. The number of hydrogen-bond donors (Lipinski definition) is 2. The number of thiazole rings is 1. The van der Waals surface area contributed by atoms with Gasteiger partial charge < -0.3 is 5.32 Å². The van der Waals surface area contributed by atoms with Crippen LogP contribution in [0.4, 0.5) is 5.13 Å². The molecule has 1 amide bonds. The number of thiophene rings is 1. The average Bonchev–Trinajstić information content (AvgIpc) is 3.42. The first kappa shape index (κ1) is 20.0. The average molecular weight is 424 g/mol. The van der Waals surface area contributed by atoms with Crippen molar-refractivity contribution in [1.82, 2.24) is 20.1 Å². The monoisotopic (exact) mass is 423 g/mol. The number of carbonyl (C=O) groups excluding carboxylic acids is 1. The molecule has 0 aliphatic carbocycles. The molecule has 4 heterocycles. The standard InChI is InChI=1S/C18H21N5OS2.ClH/c1-2-13-4-5-15(26-13)14-12-25-17(21-14)22-16(24)18(6-9-19-10-7-18)23-11-3-8-20-23;/h3-5,8,11-12,19H,2,6-7,9-10H2,1H3,(H,21,22,24);1H. The number of hydrogen-bond acceptors (Lipinski definition) is 6. The number of aromatic nitrogens is 3. The van der Waals surface area contributed by atoms with Crippen molar-refractivity contribution in [2.24, 2.45) is 0 Å². The molecule has 27 heavy (non-hydrogen) atoms. The van der Waals surface area contributed by atoms with Crippen molar-refractivity contribution in [1.29, 1.82) is 0 Å². The Hall–Kier alpha value is -1.74. The highest BCUT2D eigenvalue weighted by atomic mass is 35.5. The van der Waals surface area contributed by atoms with Crippen molar-refractivity contribution in [3.8, 4) is 10.6 Å². The molecule has 6 nitrogen and oxygen atoms in total. The highest BCUT2D eigenvalue weighted by molar-refractivity contribution is 7.17. The number of aryl methyl sites for hydroxylation is 1. The van der Waals surface area contributed by atoms with E-state index >= 15 is 0 Å². The molecule has 0 radical (unpaired) electrons. The largest absolute Gasteiger partial charge is 0.317 e. The number of piperidine rings is 1. The number of anilines is 1. The fourth-order valence-corrected chi connectivity index (χ4v) is 4.97. The first-order chi connectivity index (χ1) is 12.7. The van der Waals surface area contributed by atoms with Crippen LogP contribution in [-0.2, 0) is 16.8 Å². The van der Waals surface area contributed by atoms with Crippen LogP contribution in [0.15, 0.2) is 36.0 Å². The van der Waals surface area contributed by atoms with Gasteiger partial charge in [-0.1, -0.05) is 6.92 Å². The fourth-order valence-electron chi connectivity index (χ4n) is 3.29. The molecule has 0 bridgehead atoms. The maximum atomic E-state index is 13.2. The van der Waals surface area contributed by atoms with E-state index in [1.165, 1.54) is 16.2 Å². The lowest BCUT2D eigenvalue weighted by Crippen LogP contribution is -2.52. The van der Waals surface area contributed by atoms with Crippen LogP contribution in [-0.4, -0.2) is 33.8 Å². The van der Waals surface area contributed by atoms with Gasteiger partial charge in [0.25, 0.3) is 5.91 Å². The lowest BCUT2D eigenvalue weighted by Gasteiger charge is -2.36. The van der Waals surface area contributed by atoms with Crippen LogP contribution in [0.5, 0.6) is 0 Å². The maximum Gasteiger partial charge on any atom is 0.254 e. The van der Waals surface area contributed by atoms with Gasteiger partial charge in [-0.05, 0) is 50.6 Å². The predicted octanol–water partition coefficient (Wildman–Crippen LogP) is 3.77. The van der Waals surface area contributed by atoms with Gasteiger partial charge in [0.05, 0.1) is 10.6 Å². The van der Waals surface area contributed by atoms with Gasteiger partial charge in [0.2, 0.25) is 0 Å². The van der Waals surface area contributed by atoms with Gasteiger partial charge >= 0.3 is 0 Å². The molecule has 3 aromatic rings. The quantitative estimate of drug-likeness (QED) is 0.655. The van der Waals surface area contributed by atoms with Gasteiger partial charge in [-0.3, -0.25) is 14.8 Å². The third-order valence-corrected chi connectivity index (χ3v) is 6.79. The van der Waals surface area contributed by atoms with Crippen molar-refractivity contribution < 1.29 is 4.79 Å². The third kappa shape index (κ3) is 3.94. The van der Waals surface area contributed by atoms with Crippen molar-refractivity contribution in [2.75, 3.05) is 18.4 Å². The topological polar surface area (TPSA) is 71.8 Å². The zero-order valence-corrected chi connectivity index (χ0v) is 17.4. The molecule has 4 rings (SSSR count). The summed E-state index contributed by atoms with van der Waals surface area (Å²) in [6.45, 7) is 3.74. The molecule has 144 valence electrons. The second-order valence-electron chi connectivity index (χ2n) is 6.34. The summed E-state index contributed by atoms with van der Waals surface area (Å²) in [6, 6.07) is 6.10. The SMILES string of the molecule is CCc1ccc(-c2csc(NC(=O)C3(n4cccn4)CCNCC3)n2)s1.Cl. The second-order valence-corrected chi connectivity index (χ2v) is 8.37. The second kappa shape index (κ2) is 8.52. The van der Waals surface area contributed by atoms with Crippen molar-refractivity contribution in [3.05, 3.63) is 40.8 Å². The van der Waals surface area contributed by atoms with Crippen LogP contribution in [0.25, 0.3) is 10.6 Å². The van der Waals surface area contributed by atoms with Crippen LogP contribution >= 0.6 is 35.1 Å². The molecule has 0 unspecified atom stereocenters. The molecule has 9 heteroatoms. The third-order valence-electron chi connectivity index (χ3n) is 4.78. The number of halogens is 1. The van der Waals surface area contributed by atoms with E-state index in [2.05, 4.69) is 39.8 Å². The summed E-state index contributed by atoms with van der Waals surface area (Å²) in [6.07, 6.45) is 6.04. The number of amides is 1. The maximum absolute atomic E-state index is 13.2. The normalized spacial score (nSPS) is 15.9. The van der Waals surface area contributed by atoms with E-state index in [-0.39, 0.29) is 18.3 Å². The Kier molecular flexibility index (Phi) is 6.31. The lowest BCUT2D eigenvalue weighted by atomic mass is 9.87. The smallest absolute Gasteiger partial charge is 0.254 e. The van der Waals surface area contributed by atoms with E-state index in [1.807, 2.05) is 17.6 Å². The molecule has 0 aromatic carbocycles. The molecule has 2 N–H and O–H groups in total. The predicted molar refractivity (Wildman–Crippen MR) is 113 cm³/mol. The van der Waals surface area contributed by atoms with Crippen LogP contribution in [0.2, 0.25) is 0 Å². The molecule has 1 fully saturated rings. The molecular formula is C18H22ClN5OS2. The number of carbonyl (C=O) groups is 1. The van der Waals surface area contributed by atoms with Gasteiger partial charge in [-0.2, -0.15) is 5.10 Å². The van der Waals surface area contributed by atoms with Crippen LogP contribution < -0.4 is 10.6 Å². The summed E-state index contributed by atoms with van der Waals surface area (Å²) in [4.78, 5) is 20.3. The van der Waals surface area contributed by atoms with Crippen molar-refractivity contribution in [3.63, 3.8) is 0 Å². The first-order valence-corrected chi connectivity index (χ1v) is 10.5. The van der Waals surface area contributed by atoms with Gasteiger partial charge in [-0.15, -0.1) is 35.1 Å². The Morgan fingerprint density at radius 2 is 2.19 bits per heavy atom. The minimum atomic E-state index is -0.654. The Labute approximate surface area is 172 Å². The van der Waals surface area contributed by atoms with Crippen molar-refractivity contribution >= 4 is 46.1 Å². The number of nitrogens with zero attached hydrogens (tertiary/aromatic N) is 3. The lowest BCUT2D eigenvalue weighted by molar-refractivity contribution is -0.126. The van der Waals surface area contributed by atoms with Gasteiger partial charge in [0.1, 0.15) is 5.54 Å². The number of rotatable bonds is 5. The summed E-state index contributed by atoms with van der Waals surface area (Å²) < 4.78 is 1.80. The fraction of sp³-hybridized carbons (Fsp3) is 0.389. The Bertz CT molecular complexity index is 883. The van der Waals surface area contributed by atoms with E-state index < -0.39 is 5.54 Å². The van der Waals surface area contributed by atoms with E-state index in [0.717, 1.165) is 30.1 Å². The van der Waals surface area contributed by atoms with E-state index in [9.17, 15) is 4.79 Å². The summed E-state index contributed by atoms with van der Waals surface area (Å²) >= 11 is 3.22. The summed E-state index contributed by atoms with van der Waals surface area (Å²) in [5.74, 6) is -0.0379. The Balaban J connectivity index is 0.00000210. The molecule has 1 aliphatic heterocycles. The summed E-state index contributed by atoms with van der Waals surface area (Å²) in [5.41, 5.74) is 0.271. The molecule has 0 saturated carbocycles. The van der Waals surface area contributed by atoms with Crippen LogP contribution in [0.3, 0.4) is 0 Å². The van der Waals surface area contributed by atoms with Crippen LogP contribution in [0, 0.1) is 0 Å². The zero-order chi connectivity index (χ0) is 18.0. The molecule has 1 aliphatic rings. The number of nitrogens with one attached hydrogen (secondary N) is 2. The minimum Gasteiger partial charge on any atom is -0.317 e.